The molecule has 3 N–H and O–H groups in total. The summed E-state index contributed by atoms with van der Waals surface area (Å²) >= 11 is 0. The van der Waals surface area contributed by atoms with Crippen molar-refractivity contribution >= 4 is 12.1 Å². The van der Waals surface area contributed by atoms with Crippen molar-refractivity contribution in [1.82, 2.24) is 15.5 Å². The van der Waals surface area contributed by atoms with Crippen molar-refractivity contribution in [2.75, 3.05) is 85.6 Å². The molecule has 0 aromatic carbocycles. The van der Waals surface area contributed by atoms with E-state index in [1.165, 1.54) is 0 Å². The SMILES string of the molecule is C=C1C=CC(=N)N1CC[C-]=O.[CH2-]COCCOCCOCCNCCNCCOCCC.[Mn+2]. The van der Waals surface area contributed by atoms with E-state index in [2.05, 4.69) is 31.1 Å². The largest absolute Gasteiger partial charge is 2.00 e. The summed E-state index contributed by atoms with van der Waals surface area (Å²) in [6.45, 7) is 18.8. The van der Waals surface area contributed by atoms with Gasteiger partial charge in [-0.3, -0.25) is 11.7 Å². The van der Waals surface area contributed by atoms with Gasteiger partial charge in [-0.05, 0) is 18.6 Å². The predicted octanol–water partition coefficient (Wildman–Crippen LogP) is 1.32. The Balaban J connectivity index is 0. The van der Waals surface area contributed by atoms with Gasteiger partial charge in [-0.2, -0.15) is 0 Å². The van der Waals surface area contributed by atoms with Crippen LogP contribution < -0.4 is 10.6 Å². The van der Waals surface area contributed by atoms with Crippen LogP contribution in [0, 0.1) is 12.3 Å². The number of allylic oxidation sites excluding steroid dienone is 1. The van der Waals surface area contributed by atoms with E-state index in [4.69, 9.17) is 24.4 Å². The van der Waals surface area contributed by atoms with Crippen molar-refractivity contribution in [3.63, 3.8) is 0 Å². The van der Waals surface area contributed by atoms with Gasteiger partial charge in [0.05, 0.1) is 39.6 Å². The molecule has 0 aliphatic carbocycles. The molecule has 0 saturated heterocycles. The number of hydrogen-bond acceptors (Lipinski definition) is 8. The summed E-state index contributed by atoms with van der Waals surface area (Å²) in [7, 11) is 0. The van der Waals surface area contributed by atoms with E-state index in [1.54, 1.807) is 23.3 Å². The first-order valence-corrected chi connectivity index (χ1v) is 11.3. The predicted molar refractivity (Wildman–Crippen MR) is 128 cm³/mol. The first kappa shape index (κ1) is 34.1. The maximum atomic E-state index is 9.90. The Morgan fingerprint density at radius 2 is 1.48 bits per heavy atom. The third kappa shape index (κ3) is 22.5. The average molecular weight is 510 g/mol. The molecule has 1 aliphatic rings. The number of rotatable bonds is 21. The van der Waals surface area contributed by atoms with Crippen molar-refractivity contribution in [3.8, 4) is 0 Å². The quantitative estimate of drug-likeness (QED) is 0.121. The van der Waals surface area contributed by atoms with Crippen LogP contribution in [0.5, 0.6) is 0 Å². The molecule has 0 aromatic heterocycles. The minimum absolute atomic E-state index is 0. The van der Waals surface area contributed by atoms with E-state index < -0.39 is 0 Å². The number of nitrogens with one attached hydrogen (secondary N) is 3. The molecule has 0 unspecified atom stereocenters. The van der Waals surface area contributed by atoms with Crippen molar-refractivity contribution in [3.05, 3.63) is 31.4 Å². The fourth-order valence-electron chi connectivity index (χ4n) is 2.44. The third-order valence-corrected chi connectivity index (χ3v) is 4.07. The molecule has 0 saturated carbocycles. The zero-order chi connectivity index (χ0) is 23.7. The first-order chi connectivity index (χ1) is 15.7. The summed E-state index contributed by atoms with van der Waals surface area (Å²) in [5, 5.41) is 14.0. The summed E-state index contributed by atoms with van der Waals surface area (Å²) in [5.74, 6) is 0.394. The molecule has 0 fully saturated rings. The normalized spacial score (nSPS) is 12.5. The second kappa shape index (κ2) is 27.1. The number of ether oxygens (including phenoxy) is 4. The van der Waals surface area contributed by atoms with E-state index in [0.717, 1.165) is 51.5 Å². The van der Waals surface area contributed by atoms with Crippen molar-refractivity contribution in [1.29, 1.82) is 5.41 Å². The number of hydrogen-bond donors (Lipinski definition) is 3. The van der Waals surface area contributed by atoms with E-state index in [0.29, 0.717) is 58.4 Å². The topological polar surface area (TPSA) is 105 Å². The Morgan fingerprint density at radius 3 is 1.97 bits per heavy atom. The van der Waals surface area contributed by atoms with Gasteiger partial charge in [0.15, 0.2) is 0 Å². The van der Waals surface area contributed by atoms with E-state index in [1.807, 2.05) is 0 Å². The molecule has 9 nitrogen and oxygen atoms in total. The van der Waals surface area contributed by atoms with Gasteiger partial charge in [-0.25, -0.2) is 0 Å². The minimum Gasteiger partial charge on any atom is -0.542 e. The molecular weight excluding hydrogens is 467 g/mol. The van der Waals surface area contributed by atoms with Crippen LogP contribution in [0.2, 0.25) is 0 Å². The summed E-state index contributed by atoms with van der Waals surface area (Å²) in [5.41, 5.74) is 0.769. The van der Waals surface area contributed by atoms with Gasteiger partial charge in [0, 0.05) is 45.0 Å². The van der Waals surface area contributed by atoms with Gasteiger partial charge in [-0.15, -0.1) is 6.42 Å². The summed E-state index contributed by atoms with van der Waals surface area (Å²) in [6.07, 6.45) is 6.60. The Hall–Kier alpha value is -1.10. The number of amidine groups is 1. The van der Waals surface area contributed by atoms with Gasteiger partial charge in [0.1, 0.15) is 5.84 Å². The average Bonchev–Trinajstić information content (AvgIpc) is 3.12. The van der Waals surface area contributed by atoms with Crippen LogP contribution in [0.1, 0.15) is 19.8 Å². The summed E-state index contributed by atoms with van der Waals surface area (Å²) < 4.78 is 21.2. The molecule has 1 rings (SSSR count). The van der Waals surface area contributed by atoms with Crippen molar-refractivity contribution in [2.24, 2.45) is 0 Å². The molecule has 0 spiro atoms. The smallest absolute Gasteiger partial charge is 0.542 e. The van der Waals surface area contributed by atoms with Crippen LogP contribution in [-0.2, 0) is 40.8 Å². The molecule has 1 heterocycles. The molecule has 0 atom stereocenters. The van der Waals surface area contributed by atoms with Gasteiger partial charge < -0.3 is 46.2 Å². The molecule has 1 aliphatic heterocycles. The van der Waals surface area contributed by atoms with Crippen molar-refractivity contribution in [2.45, 2.75) is 19.8 Å². The van der Waals surface area contributed by atoms with Crippen LogP contribution in [0.25, 0.3) is 0 Å². The monoisotopic (exact) mass is 509 g/mol. The Kier molecular flexibility index (Phi) is 28.0. The van der Waals surface area contributed by atoms with Gasteiger partial charge in [0.2, 0.25) is 0 Å². The molecular formula is C23H42MnN4O5. The van der Waals surface area contributed by atoms with Crippen LogP contribution in [-0.4, -0.2) is 103 Å². The van der Waals surface area contributed by atoms with E-state index in [-0.39, 0.29) is 17.1 Å². The van der Waals surface area contributed by atoms with Crippen LogP contribution in [0.15, 0.2) is 24.4 Å². The maximum Gasteiger partial charge on any atom is 2.00 e. The molecule has 0 aromatic rings. The van der Waals surface area contributed by atoms with Gasteiger partial charge >= 0.3 is 17.1 Å². The molecule has 0 amide bonds. The third-order valence-electron chi connectivity index (χ3n) is 4.07. The second-order valence-electron chi connectivity index (χ2n) is 6.71. The van der Waals surface area contributed by atoms with Gasteiger partial charge in [0.25, 0.3) is 0 Å². The zero-order valence-electron chi connectivity index (χ0n) is 20.0. The molecule has 1 radical (unpaired) electrons. The number of nitrogens with zero attached hydrogens (tertiary/aromatic N) is 1. The zero-order valence-corrected chi connectivity index (χ0v) is 21.2. The Morgan fingerprint density at radius 1 is 0.939 bits per heavy atom. The molecule has 33 heavy (non-hydrogen) atoms. The van der Waals surface area contributed by atoms with Crippen LogP contribution in [0.3, 0.4) is 0 Å². The first-order valence-electron chi connectivity index (χ1n) is 11.3. The Labute approximate surface area is 210 Å². The Bertz CT molecular complexity index is 473. The maximum absolute atomic E-state index is 9.90. The molecule has 10 heteroatoms. The summed E-state index contributed by atoms with van der Waals surface area (Å²) in [4.78, 5) is 11.6. The van der Waals surface area contributed by atoms with Crippen LogP contribution >= 0.6 is 0 Å². The fraction of sp³-hybridized carbons (Fsp3) is 0.696. The minimum atomic E-state index is 0. The number of carbonyl (C=O) groups excluding carboxylic acids is 1. The van der Waals surface area contributed by atoms with Crippen molar-refractivity contribution < 1.29 is 40.8 Å². The standard InChI is InChI=1S/C15H33N2O4.C8H9N2O.Mn/c1-3-9-19-10-7-16-5-6-17-8-11-20-14-15-21-13-12-18-4-2;1-7-3-4-8(9)10(7)5-2-6-11;/h16-17H,2-15H2,1H3;3-4,9H,1-2,5H2;/q2*-1;+2. The molecule has 0 bridgehead atoms. The molecule has 191 valence electrons. The van der Waals surface area contributed by atoms with E-state index >= 15 is 0 Å². The second-order valence-corrected chi connectivity index (χ2v) is 6.71. The fourth-order valence-corrected chi connectivity index (χ4v) is 2.44. The van der Waals surface area contributed by atoms with Gasteiger partial charge in [-0.1, -0.05) is 20.1 Å². The van der Waals surface area contributed by atoms with E-state index in [9.17, 15) is 4.79 Å². The van der Waals surface area contributed by atoms with Crippen LogP contribution in [0.4, 0.5) is 0 Å². The summed E-state index contributed by atoms with van der Waals surface area (Å²) in [6, 6.07) is 0.